The average molecular weight is 387 g/mol. The van der Waals surface area contributed by atoms with E-state index in [1.807, 2.05) is 0 Å². The quantitative estimate of drug-likeness (QED) is 0.764. The number of amides is 2. The van der Waals surface area contributed by atoms with E-state index < -0.39 is 0 Å². The van der Waals surface area contributed by atoms with E-state index in [4.69, 9.17) is 0 Å². The van der Waals surface area contributed by atoms with E-state index in [-0.39, 0.29) is 28.7 Å². The number of hydrogen-bond donors (Lipinski definition) is 2. The molecule has 2 amide bonds. The second kappa shape index (κ2) is 6.70. The zero-order chi connectivity index (χ0) is 20.3. The second-order valence-corrected chi connectivity index (χ2v) is 10.3. The summed E-state index contributed by atoms with van der Waals surface area (Å²) in [4.78, 5) is 36.0. The Bertz CT molecular complexity index is 744. The highest BCUT2D eigenvalue weighted by molar-refractivity contribution is 5.80. The van der Waals surface area contributed by atoms with Crippen LogP contribution in [0.2, 0.25) is 0 Å². The lowest BCUT2D eigenvalue weighted by atomic mass is 9.44. The fraction of sp³-hybridized carbons (Fsp3) is 0.783. The summed E-state index contributed by atoms with van der Waals surface area (Å²) in [7, 11) is 0. The Labute approximate surface area is 168 Å². The van der Waals surface area contributed by atoms with Gasteiger partial charge in [-0.25, -0.2) is 0 Å². The molecular weight excluding hydrogens is 352 g/mol. The van der Waals surface area contributed by atoms with Gasteiger partial charge in [-0.1, -0.05) is 19.9 Å². The number of Topliss-reactive ketones (excluding diaryl/α,β-unsaturated/α-hetero) is 1. The lowest BCUT2D eigenvalue weighted by Gasteiger charge is -2.62. The molecule has 0 spiro atoms. The van der Waals surface area contributed by atoms with Crippen molar-refractivity contribution in [3.8, 4) is 0 Å². The summed E-state index contributed by atoms with van der Waals surface area (Å²) in [5, 5.41) is 6.37. The zero-order valence-electron chi connectivity index (χ0n) is 17.6. The maximum absolute atomic E-state index is 12.2. The minimum Gasteiger partial charge on any atom is -0.353 e. The number of carbonyl (C=O) groups is 3. The maximum Gasteiger partial charge on any atom is 0.221 e. The van der Waals surface area contributed by atoms with Crippen LogP contribution in [-0.4, -0.2) is 23.6 Å². The van der Waals surface area contributed by atoms with E-state index in [0.29, 0.717) is 42.3 Å². The summed E-state index contributed by atoms with van der Waals surface area (Å²) in [6.45, 7) is 7.89. The standard InChI is InChI=1S/C23H34N2O3/c1-13(26)24-19-12-15-11-16(28)7-9-22(15,3)18-8-10-23(4)17(21(18)19)5-6-20(23)25-14(2)27/h6,15,17-19,21H,5,7-12H2,1-4H3,(H,24,26)(H,25,27)/t15?,17-,18+,19?,21-,22-,23-/m0/s1. The molecule has 0 saturated heterocycles. The number of allylic oxidation sites excluding steroid dienone is 2. The molecule has 0 aliphatic heterocycles. The van der Waals surface area contributed by atoms with E-state index in [9.17, 15) is 14.4 Å². The fourth-order valence-corrected chi connectivity index (χ4v) is 7.43. The molecule has 2 N–H and O–H groups in total. The molecule has 5 heteroatoms. The molecule has 154 valence electrons. The first kappa shape index (κ1) is 19.7. The van der Waals surface area contributed by atoms with Gasteiger partial charge in [0.15, 0.2) is 0 Å². The number of hydrogen-bond acceptors (Lipinski definition) is 3. The molecule has 7 atom stereocenters. The highest BCUT2D eigenvalue weighted by Gasteiger charge is 2.61. The van der Waals surface area contributed by atoms with Gasteiger partial charge in [0.1, 0.15) is 5.78 Å². The first-order valence-electron chi connectivity index (χ1n) is 10.9. The van der Waals surface area contributed by atoms with E-state index in [0.717, 1.165) is 37.8 Å². The van der Waals surface area contributed by atoms with Crippen molar-refractivity contribution in [3.05, 3.63) is 11.8 Å². The van der Waals surface area contributed by atoms with Crippen LogP contribution in [-0.2, 0) is 14.4 Å². The largest absolute Gasteiger partial charge is 0.353 e. The summed E-state index contributed by atoms with van der Waals surface area (Å²) >= 11 is 0. The highest BCUT2D eigenvalue weighted by Crippen LogP contribution is 2.65. The van der Waals surface area contributed by atoms with E-state index >= 15 is 0 Å². The number of nitrogens with one attached hydrogen (secondary N) is 2. The Balaban J connectivity index is 1.69. The van der Waals surface area contributed by atoms with Crippen molar-refractivity contribution in [1.29, 1.82) is 0 Å². The minimum absolute atomic E-state index is 0.00452. The van der Waals surface area contributed by atoms with Crippen LogP contribution in [0.25, 0.3) is 0 Å². The Kier molecular flexibility index (Phi) is 4.71. The highest BCUT2D eigenvalue weighted by atomic mass is 16.2. The molecule has 0 aromatic carbocycles. The van der Waals surface area contributed by atoms with Gasteiger partial charge in [-0.3, -0.25) is 14.4 Å². The molecule has 0 heterocycles. The Morgan fingerprint density at radius 2 is 1.86 bits per heavy atom. The molecule has 0 aromatic heterocycles. The third-order valence-electron chi connectivity index (χ3n) is 8.81. The van der Waals surface area contributed by atoms with Crippen molar-refractivity contribution in [1.82, 2.24) is 10.6 Å². The van der Waals surface area contributed by atoms with Crippen molar-refractivity contribution in [2.45, 2.75) is 78.7 Å². The van der Waals surface area contributed by atoms with E-state index in [2.05, 4.69) is 30.6 Å². The molecule has 0 radical (unpaired) electrons. The lowest BCUT2D eigenvalue weighted by Crippen LogP contribution is -2.62. The van der Waals surface area contributed by atoms with Crippen LogP contribution in [0.1, 0.15) is 72.6 Å². The SMILES string of the molecule is CC(=O)NC1=CC[C@H]2[C@@H]3C(NC(C)=O)CC4CC(=O)CC[C@]4(C)[C@@H]3CC[C@]12C. The predicted octanol–water partition coefficient (Wildman–Crippen LogP) is 3.34. The van der Waals surface area contributed by atoms with Gasteiger partial charge in [-0.05, 0) is 61.2 Å². The van der Waals surface area contributed by atoms with E-state index in [1.54, 1.807) is 13.8 Å². The topological polar surface area (TPSA) is 75.3 Å². The minimum atomic E-state index is -0.0305. The molecule has 4 aliphatic carbocycles. The smallest absolute Gasteiger partial charge is 0.221 e. The monoisotopic (exact) mass is 386 g/mol. The molecule has 0 bridgehead atoms. The molecule has 5 nitrogen and oxygen atoms in total. The molecule has 4 rings (SSSR count). The van der Waals surface area contributed by atoms with Gasteiger partial charge in [0, 0.05) is 43.8 Å². The van der Waals surface area contributed by atoms with Crippen LogP contribution in [0.15, 0.2) is 11.8 Å². The van der Waals surface area contributed by atoms with Crippen LogP contribution in [0.3, 0.4) is 0 Å². The van der Waals surface area contributed by atoms with Crippen molar-refractivity contribution < 1.29 is 14.4 Å². The van der Waals surface area contributed by atoms with Crippen LogP contribution >= 0.6 is 0 Å². The van der Waals surface area contributed by atoms with Gasteiger partial charge in [0.05, 0.1) is 0 Å². The van der Waals surface area contributed by atoms with Crippen molar-refractivity contribution in [2.24, 2.45) is 34.5 Å². The van der Waals surface area contributed by atoms with Gasteiger partial charge in [0.25, 0.3) is 0 Å². The summed E-state index contributed by atoms with van der Waals surface area (Å²) in [5.74, 6) is 2.14. The summed E-state index contributed by atoms with van der Waals surface area (Å²) < 4.78 is 0. The predicted molar refractivity (Wildman–Crippen MR) is 107 cm³/mol. The Morgan fingerprint density at radius 1 is 1.11 bits per heavy atom. The summed E-state index contributed by atoms with van der Waals surface area (Å²) in [6.07, 6.45) is 8.62. The number of rotatable bonds is 2. The van der Waals surface area contributed by atoms with Gasteiger partial charge >= 0.3 is 0 Å². The van der Waals surface area contributed by atoms with Crippen molar-refractivity contribution in [3.63, 3.8) is 0 Å². The van der Waals surface area contributed by atoms with Crippen LogP contribution < -0.4 is 10.6 Å². The van der Waals surface area contributed by atoms with Gasteiger partial charge in [-0.2, -0.15) is 0 Å². The summed E-state index contributed by atoms with van der Waals surface area (Å²) in [5.41, 5.74) is 1.24. The first-order chi connectivity index (χ1) is 13.1. The van der Waals surface area contributed by atoms with Gasteiger partial charge in [0.2, 0.25) is 11.8 Å². The molecular formula is C23H34N2O3. The molecule has 28 heavy (non-hydrogen) atoms. The summed E-state index contributed by atoms with van der Waals surface area (Å²) in [6, 6.07) is 0.126. The molecule has 3 saturated carbocycles. The molecule has 2 unspecified atom stereocenters. The maximum atomic E-state index is 12.2. The van der Waals surface area contributed by atoms with Crippen molar-refractivity contribution in [2.75, 3.05) is 0 Å². The number of ketones is 1. The first-order valence-corrected chi connectivity index (χ1v) is 10.9. The number of carbonyl (C=O) groups excluding carboxylic acids is 3. The van der Waals surface area contributed by atoms with Crippen LogP contribution in [0.4, 0.5) is 0 Å². The second-order valence-electron chi connectivity index (χ2n) is 10.3. The normalized spacial score (nSPS) is 44.6. The fourth-order valence-electron chi connectivity index (χ4n) is 7.43. The molecule has 4 aliphatic rings. The van der Waals surface area contributed by atoms with Crippen molar-refractivity contribution >= 4 is 17.6 Å². The van der Waals surface area contributed by atoms with Crippen LogP contribution in [0, 0.1) is 34.5 Å². The lowest BCUT2D eigenvalue weighted by molar-refractivity contribution is -0.144. The van der Waals surface area contributed by atoms with Gasteiger partial charge < -0.3 is 10.6 Å². The van der Waals surface area contributed by atoms with E-state index in [1.165, 1.54) is 0 Å². The third kappa shape index (κ3) is 2.93. The molecule has 0 aromatic rings. The zero-order valence-corrected chi connectivity index (χ0v) is 17.6. The van der Waals surface area contributed by atoms with Crippen LogP contribution in [0.5, 0.6) is 0 Å². The average Bonchev–Trinajstić information content (AvgIpc) is 2.92. The molecule has 3 fully saturated rings. The Hall–Kier alpha value is -1.65. The number of fused-ring (bicyclic) bond motifs is 5. The van der Waals surface area contributed by atoms with Gasteiger partial charge in [-0.15, -0.1) is 0 Å². The Morgan fingerprint density at radius 3 is 2.54 bits per heavy atom. The third-order valence-corrected chi connectivity index (χ3v) is 8.81.